The highest BCUT2D eigenvalue weighted by atomic mass is 79.9. The molecule has 0 saturated carbocycles. The summed E-state index contributed by atoms with van der Waals surface area (Å²) < 4.78 is 31.4. The molecule has 0 aliphatic carbocycles. The Morgan fingerprint density at radius 2 is 1.91 bits per heavy atom. The lowest BCUT2D eigenvalue weighted by Gasteiger charge is -2.14. The molecule has 0 radical (unpaired) electrons. The van der Waals surface area contributed by atoms with Crippen LogP contribution in [0.25, 0.3) is 6.08 Å². The third-order valence-corrected chi connectivity index (χ3v) is 5.66. The summed E-state index contributed by atoms with van der Waals surface area (Å²) >= 11 is 9.92. The minimum absolute atomic E-state index is 0.0169. The Morgan fingerprint density at radius 1 is 1.16 bits per heavy atom. The number of benzene rings is 3. The number of hydrogen-bond donors (Lipinski definition) is 0. The third-order valence-electron chi connectivity index (χ3n) is 4.61. The maximum atomic E-state index is 14.0. The first kappa shape index (κ1) is 22.0. The van der Waals surface area contributed by atoms with E-state index in [1.165, 1.54) is 25.3 Å². The van der Waals surface area contributed by atoms with Gasteiger partial charge in [-0.2, -0.15) is 0 Å². The molecule has 3 aromatic carbocycles. The first-order chi connectivity index (χ1) is 15.5. The van der Waals surface area contributed by atoms with Gasteiger partial charge >= 0.3 is 5.97 Å². The average Bonchev–Trinajstić information content (AvgIpc) is 3.14. The van der Waals surface area contributed by atoms with Gasteiger partial charge in [0.25, 0.3) is 0 Å². The zero-order chi connectivity index (χ0) is 22.7. The van der Waals surface area contributed by atoms with E-state index in [1.54, 1.807) is 24.3 Å². The van der Waals surface area contributed by atoms with Crippen molar-refractivity contribution >= 4 is 45.5 Å². The van der Waals surface area contributed by atoms with Gasteiger partial charge in [-0.3, -0.25) is 0 Å². The van der Waals surface area contributed by atoms with Crippen molar-refractivity contribution in [2.45, 2.75) is 6.61 Å². The molecule has 1 aliphatic heterocycles. The first-order valence-corrected chi connectivity index (χ1v) is 10.6. The average molecular weight is 517 g/mol. The van der Waals surface area contributed by atoms with Gasteiger partial charge in [0.15, 0.2) is 17.2 Å². The normalized spacial score (nSPS) is 14.3. The zero-order valence-electron chi connectivity index (χ0n) is 16.8. The third kappa shape index (κ3) is 4.69. The highest BCUT2D eigenvalue weighted by Crippen LogP contribution is 2.38. The number of halogens is 3. The number of rotatable bonds is 6. The quantitative estimate of drug-likeness (QED) is 0.290. The van der Waals surface area contributed by atoms with Gasteiger partial charge in [0.05, 0.1) is 17.7 Å². The Kier molecular flexibility index (Phi) is 6.58. The number of esters is 1. The van der Waals surface area contributed by atoms with Gasteiger partial charge in [-0.25, -0.2) is 14.2 Å². The lowest BCUT2D eigenvalue weighted by molar-refractivity contribution is -0.129. The minimum Gasteiger partial charge on any atom is -0.493 e. The summed E-state index contributed by atoms with van der Waals surface area (Å²) in [5, 5.41) is 0.299. The minimum atomic E-state index is -0.687. The fourth-order valence-corrected chi connectivity index (χ4v) is 3.72. The van der Waals surface area contributed by atoms with Crippen LogP contribution >= 0.6 is 27.5 Å². The van der Waals surface area contributed by atoms with E-state index in [-0.39, 0.29) is 23.8 Å². The van der Waals surface area contributed by atoms with Crippen molar-refractivity contribution in [1.29, 1.82) is 0 Å². The Balaban J connectivity index is 1.61. The van der Waals surface area contributed by atoms with Gasteiger partial charge in [-0.15, -0.1) is 0 Å². The summed E-state index contributed by atoms with van der Waals surface area (Å²) in [4.78, 5) is 16.4. The molecule has 0 fully saturated rings. The van der Waals surface area contributed by atoms with E-state index in [9.17, 15) is 9.18 Å². The lowest BCUT2D eigenvalue weighted by Crippen LogP contribution is -2.07. The Hall–Kier alpha value is -3.16. The summed E-state index contributed by atoms with van der Waals surface area (Å²) in [6.07, 6.45) is 1.49. The van der Waals surface area contributed by atoms with Gasteiger partial charge in [-0.1, -0.05) is 57.9 Å². The van der Waals surface area contributed by atoms with Crippen LogP contribution in [0.5, 0.6) is 11.5 Å². The van der Waals surface area contributed by atoms with Gasteiger partial charge in [0.1, 0.15) is 12.4 Å². The molecule has 0 unspecified atom stereocenters. The molecule has 5 nitrogen and oxygen atoms in total. The van der Waals surface area contributed by atoms with E-state index < -0.39 is 11.8 Å². The number of carbonyl (C=O) groups excluding carboxylic acids is 1. The highest BCUT2D eigenvalue weighted by Gasteiger charge is 2.26. The van der Waals surface area contributed by atoms with E-state index in [1.807, 2.05) is 24.3 Å². The topological polar surface area (TPSA) is 57.1 Å². The largest absolute Gasteiger partial charge is 0.493 e. The maximum absolute atomic E-state index is 14.0. The van der Waals surface area contributed by atoms with Crippen LogP contribution in [0, 0.1) is 5.82 Å². The summed E-state index contributed by atoms with van der Waals surface area (Å²) in [5.41, 5.74) is 1.62. The number of ether oxygens (including phenoxy) is 3. The molecule has 0 amide bonds. The molecule has 0 aromatic heterocycles. The van der Waals surface area contributed by atoms with Crippen molar-refractivity contribution in [3.63, 3.8) is 0 Å². The molecule has 0 atom stereocenters. The fourth-order valence-electron chi connectivity index (χ4n) is 3.05. The number of carbonyl (C=O) groups is 1. The number of aliphatic imine (C=N–C) groups is 1. The summed E-state index contributed by atoms with van der Waals surface area (Å²) in [6.45, 7) is 0.278. The SMILES string of the molecule is COc1cc(C=C2N=C(c3ccccc3F)OC2=O)cc(Cl)c1OCc1ccccc1Br. The Labute approximate surface area is 197 Å². The predicted octanol–water partition coefficient (Wildman–Crippen LogP) is 6.17. The van der Waals surface area contributed by atoms with E-state index >= 15 is 0 Å². The Morgan fingerprint density at radius 3 is 2.66 bits per heavy atom. The van der Waals surface area contributed by atoms with Crippen LogP contribution in [-0.2, 0) is 16.1 Å². The second-order valence-electron chi connectivity index (χ2n) is 6.73. The molecular weight excluding hydrogens is 501 g/mol. The van der Waals surface area contributed by atoms with Crippen LogP contribution in [0.2, 0.25) is 5.02 Å². The standard InChI is InChI=1S/C24H16BrClFNO4/c1-30-21-12-14(10-18(26)22(21)31-13-15-6-2-4-8-17(15)25)11-20-24(29)32-23(28-20)16-7-3-5-9-19(16)27/h2-12H,13H2,1H3. The van der Waals surface area contributed by atoms with Crippen molar-refractivity contribution in [2.24, 2.45) is 4.99 Å². The monoisotopic (exact) mass is 515 g/mol. The smallest absolute Gasteiger partial charge is 0.363 e. The summed E-state index contributed by atoms with van der Waals surface area (Å²) in [6, 6.07) is 16.9. The molecule has 1 aliphatic rings. The molecule has 3 aromatic rings. The van der Waals surface area contributed by atoms with E-state index in [4.69, 9.17) is 25.8 Å². The van der Waals surface area contributed by atoms with Crippen LogP contribution in [0.4, 0.5) is 4.39 Å². The number of nitrogens with zero attached hydrogens (tertiary/aromatic N) is 1. The van der Waals surface area contributed by atoms with Crippen LogP contribution < -0.4 is 9.47 Å². The zero-order valence-corrected chi connectivity index (χ0v) is 19.1. The van der Waals surface area contributed by atoms with Gasteiger partial charge in [0.2, 0.25) is 5.90 Å². The molecule has 32 heavy (non-hydrogen) atoms. The molecule has 0 N–H and O–H groups in total. The van der Waals surface area contributed by atoms with Crippen molar-refractivity contribution in [2.75, 3.05) is 7.11 Å². The molecule has 162 valence electrons. The predicted molar refractivity (Wildman–Crippen MR) is 123 cm³/mol. The molecule has 0 saturated heterocycles. The first-order valence-electron chi connectivity index (χ1n) is 9.47. The number of cyclic esters (lactones) is 1. The maximum Gasteiger partial charge on any atom is 0.363 e. The van der Waals surface area contributed by atoms with E-state index in [0.717, 1.165) is 10.0 Å². The van der Waals surface area contributed by atoms with Crippen LogP contribution in [0.15, 0.2) is 75.8 Å². The second kappa shape index (κ2) is 9.54. The van der Waals surface area contributed by atoms with Crippen LogP contribution in [-0.4, -0.2) is 19.0 Å². The molecule has 8 heteroatoms. The summed E-state index contributed by atoms with van der Waals surface area (Å²) in [5.74, 6) is -0.548. The van der Waals surface area contributed by atoms with Crippen LogP contribution in [0.3, 0.4) is 0 Å². The van der Waals surface area contributed by atoms with Crippen molar-refractivity contribution < 1.29 is 23.4 Å². The van der Waals surface area contributed by atoms with Gasteiger partial charge < -0.3 is 14.2 Å². The molecule has 0 spiro atoms. The Bertz CT molecular complexity index is 1260. The van der Waals surface area contributed by atoms with Gasteiger partial charge in [0, 0.05) is 10.0 Å². The van der Waals surface area contributed by atoms with Crippen molar-refractivity contribution in [3.05, 3.63) is 98.4 Å². The fraction of sp³-hybridized carbons (Fsp3) is 0.0833. The molecule has 4 rings (SSSR count). The summed E-state index contributed by atoms with van der Waals surface area (Å²) in [7, 11) is 1.49. The lowest BCUT2D eigenvalue weighted by atomic mass is 10.1. The number of methoxy groups -OCH3 is 1. The molecular formula is C24H16BrClFNO4. The molecule has 0 bridgehead atoms. The van der Waals surface area contributed by atoms with E-state index in [0.29, 0.717) is 22.1 Å². The van der Waals surface area contributed by atoms with Crippen molar-refractivity contribution in [3.8, 4) is 11.5 Å². The molecule has 1 heterocycles. The van der Waals surface area contributed by atoms with E-state index in [2.05, 4.69) is 20.9 Å². The van der Waals surface area contributed by atoms with Gasteiger partial charge in [-0.05, 0) is 42.0 Å². The highest BCUT2D eigenvalue weighted by molar-refractivity contribution is 9.10. The van der Waals surface area contributed by atoms with Crippen molar-refractivity contribution in [1.82, 2.24) is 0 Å². The second-order valence-corrected chi connectivity index (χ2v) is 7.99. The number of hydrogen-bond acceptors (Lipinski definition) is 5. The van der Waals surface area contributed by atoms with Crippen LogP contribution in [0.1, 0.15) is 16.7 Å².